The van der Waals surface area contributed by atoms with Gasteiger partial charge in [0.1, 0.15) is 0 Å². The number of benzene rings is 2. The SMILES string of the molecule is CN(C)[C@H](CNC(=O)NC[C@H](c1ccccc1)N(C)C)c1ccccc1. The van der Waals surface area contributed by atoms with Crippen LogP contribution < -0.4 is 10.6 Å². The van der Waals surface area contributed by atoms with Crippen LogP contribution >= 0.6 is 0 Å². The Balaban J connectivity index is 1.89. The van der Waals surface area contributed by atoms with Gasteiger partial charge in [0.05, 0.1) is 12.1 Å². The molecule has 0 aliphatic rings. The number of carbonyl (C=O) groups is 1. The van der Waals surface area contributed by atoms with E-state index < -0.39 is 0 Å². The van der Waals surface area contributed by atoms with Gasteiger partial charge >= 0.3 is 6.03 Å². The van der Waals surface area contributed by atoms with Crippen molar-refractivity contribution in [2.75, 3.05) is 41.3 Å². The second-order valence-corrected chi connectivity index (χ2v) is 6.87. The van der Waals surface area contributed by atoms with E-state index in [0.29, 0.717) is 13.1 Å². The number of carbonyl (C=O) groups excluding carboxylic acids is 1. The van der Waals surface area contributed by atoms with Gasteiger partial charge in [-0.2, -0.15) is 0 Å². The largest absolute Gasteiger partial charge is 0.336 e. The fraction of sp³-hybridized carbons (Fsp3) is 0.381. The van der Waals surface area contributed by atoms with E-state index in [4.69, 9.17) is 0 Å². The third-order valence-corrected chi connectivity index (χ3v) is 4.53. The molecule has 0 saturated carbocycles. The van der Waals surface area contributed by atoms with Crippen LogP contribution in [0, 0.1) is 0 Å². The molecular formula is C21H30N4O. The van der Waals surface area contributed by atoms with Gasteiger partial charge < -0.3 is 20.4 Å². The summed E-state index contributed by atoms with van der Waals surface area (Å²) in [6.07, 6.45) is 0. The van der Waals surface area contributed by atoms with E-state index in [2.05, 4.69) is 44.7 Å². The van der Waals surface area contributed by atoms with Crippen LogP contribution in [-0.4, -0.2) is 57.1 Å². The molecule has 2 N–H and O–H groups in total. The highest BCUT2D eigenvalue weighted by Crippen LogP contribution is 2.17. The van der Waals surface area contributed by atoms with Crippen LogP contribution in [0.3, 0.4) is 0 Å². The summed E-state index contributed by atoms with van der Waals surface area (Å²) in [6.45, 7) is 1.11. The summed E-state index contributed by atoms with van der Waals surface area (Å²) in [4.78, 5) is 16.5. The number of amides is 2. The normalized spacial score (nSPS) is 13.5. The van der Waals surface area contributed by atoms with Crippen molar-refractivity contribution in [1.82, 2.24) is 20.4 Å². The fourth-order valence-electron chi connectivity index (χ4n) is 2.99. The highest BCUT2D eigenvalue weighted by Gasteiger charge is 2.17. The zero-order chi connectivity index (χ0) is 18.9. The number of hydrogen-bond acceptors (Lipinski definition) is 3. The van der Waals surface area contributed by atoms with Crippen molar-refractivity contribution >= 4 is 6.03 Å². The van der Waals surface area contributed by atoms with Crippen LogP contribution in [0.4, 0.5) is 4.79 Å². The lowest BCUT2D eigenvalue weighted by atomic mass is 10.1. The summed E-state index contributed by atoms with van der Waals surface area (Å²) >= 11 is 0. The van der Waals surface area contributed by atoms with E-state index in [1.807, 2.05) is 64.6 Å². The van der Waals surface area contributed by atoms with Crippen molar-refractivity contribution in [3.63, 3.8) is 0 Å². The van der Waals surface area contributed by atoms with Crippen molar-refractivity contribution < 1.29 is 4.79 Å². The standard InChI is InChI=1S/C21H30N4O/c1-24(2)19(17-11-7-5-8-12-17)15-22-21(26)23-16-20(25(3)4)18-13-9-6-10-14-18/h5-14,19-20H,15-16H2,1-4H3,(H2,22,23,26)/t19-,20-/m1/s1. The van der Waals surface area contributed by atoms with Crippen LogP contribution in [0.25, 0.3) is 0 Å². The molecule has 0 aliphatic carbocycles. The van der Waals surface area contributed by atoms with Crippen molar-refractivity contribution in [2.45, 2.75) is 12.1 Å². The summed E-state index contributed by atoms with van der Waals surface area (Å²) in [5.74, 6) is 0. The van der Waals surface area contributed by atoms with Gasteiger partial charge in [-0.05, 0) is 39.3 Å². The molecule has 0 saturated heterocycles. The van der Waals surface area contributed by atoms with Gasteiger partial charge in [0.15, 0.2) is 0 Å². The number of nitrogens with one attached hydrogen (secondary N) is 2. The molecule has 2 rings (SSSR count). The minimum Gasteiger partial charge on any atom is -0.336 e. The van der Waals surface area contributed by atoms with Gasteiger partial charge in [-0.3, -0.25) is 0 Å². The summed E-state index contributed by atoms with van der Waals surface area (Å²) in [7, 11) is 8.09. The molecule has 5 nitrogen and oxygen atoms in total. The molecule has 0 spiro atoms. The molecule has 2 aromatic carbocycles. The molecule has 2 aromatic rings. The van der Waals surface area contributed by atoms with Crippen molar-refractivity contribution in [3.8, 4) is 0 Å². The van der Waals surface area contributed by atoms with Gasteiger partial charge in [0, 0.05) is 13.1 Å². The number of nitrogens with zero attached hydrogens (tertiary/aromatic N) is 2. The summed E-state index contributed by atoms with van der Waals surface area (Å²) in [6, 6.07) is 20.6. The average Bonchev–Trinajstić information content (AvgIpc) is 2.63. The van der Waals surface area contributed by atoms with Crippen LogP contribution in [0.1, 0.15) is 23.2 Å². The Morgan fingerprint density at radius 3 is 1.38 bits per heavy atom. The Labute approximate surface area is 157 Å². The van der Waals surface area contributed by atoms with Crippen LogP contribution in [0.2, 0.25) is 0 Å². The second-order valence-electron chi connectivity index (χ2n) is 6.87. The van der Waals surface area contributed by atoms with Crippen LogP contribution in [-0.2, 0) is 0 Å². The Bertz CT molecular complexity index is 601. The lowest BCUT2D eigenvalue weighted by Crippen LogP contribution is -2.43. The smallest absolute Gasteiger partial charge is 0.314 e. The topological polar surface area (TPSA) is 47.6 Å². The zero-order valence-corrected chi connectivity index (χ0v) is 16.1. The minimum atomic E-state index is -0.143. The molecule has 140 valence electrons. The molecule has 2 atom stereocenters. The molecule has 0 unspecified atom stereocenters. The molecule has 26 heavy (non-hydrogen) atoms. The predicted molar refractivity (Wildman–Crippen MR) is 107 cm³/mol. The van der Waals surface area contributed by atoms with Crippen molar-refractivity contribution in [1.29, 1.82) is 0 Å². The van der Waals surface area contributed by atoms with Crippen molar-refractivity contribution in [3.05, 3.63) is 71.8 Å². The number of hydrogen-bond donors (Lipinski definition) is 2. The van der Waals surface area contributed by atoms with E-state index in [-0.39, 0.29) is 18.1 Å². The molecule has 0 heterocycles. The van der Waals surface area contributed by atoms with E-state index >= 15 is 0 Å². The molecule has 0 aliphatic heterocycles. The molecule has 0 fully saturated rings. The third-order valence-electron chi connectivity index (χ3n) is 4.53. The Morgan fingerprint density at radius 2 is 1.08 bits per heavy atom. The van der Waals surface area contributed by atoms with Gasteiger partial charge in [0.25, 0.3) is 0 Å². The first kappa shape index (κ1) is 19.9. The van der Waals surface area contributed by atoms with E-state index in [1.165, 1.54) is 11.1 Å². The highest BCUT2D eigenvalue weighted by molar-refractivity contribution is 5.73. The quantitative estimate of drug-likeness (QED) is 0.766. The molecule has 0 aromatic heterocycles. The molecule has 5 heteroatoms. The monoisotopic (exact) mass is 354 g/mol. The van der Waals surface area contributed by atoms with E-state index in [0.717, 1.165) is 0 Å². The molecule has 2 amide bonds. The van der Waals surface area contributed by atoms with Crippen molar-refractivity contribution in [2.24, 2.45) is 0 Å². The van der Waals surface area contributed by atoms with Gasteiger partial charge in [-0.25, -0.2) is 4.79 Å². The average molecular weight is 354 g/mol. The number of urea groups is 1. The maximum atomic E-state index is 12.3. The number of rotatable bonds is 8. The lowest BCUT2D eigenvalue weighted by molar-refractivity contribution is 0.226. The maximum Gasteiger partial charge on any atom is 0.314 e. The lowest BCUT2D eigenvalue weighted by Gasteiger charge is -2.27. The van der Waals surface area contributed by atoms with E-state index in [9.17, 15) is 4.79 Å². The Kier molecular flexibility index (Phi) is 7.63. The highest BCUT2D eigenvalue weighted by atomic mass is 16.2. The van der Waals surface area contributed by atoms with Crippen LogP contribution in [0.5, 0.6) is 0 Å². The van der Waals surface area contributed by atoms with E-state index in [1.54, 1.807) is 0 Å². The Morgan fingerprint density at radius 1 is 0.731 bits per heavy atom. The molecule has 0 radical (unpaired) electrons. The summed E-state index contributed by atoms with van der Waals surface area (Å²) in [5, 5.41) is 6.00. The first-order valence-corrected chi connectivity index (χ1v) is 8.93. The summed E-state index contributed by atoms with van der Waals surface area (Å²) < 4.78 is 0. The molecule has 0 bridgehead atoms. The van der Waals surface area contributed by atoms with Crippen LogP contribution in [0.15, 0.2) is 60.7 Å². The van der Waals surface area contributed by atoms with Gasteiger partial charge in [-0.15, -0.1) is 0 Å². The summed E-state index contributed by atoms with van der Waals surface area (Å²) in [5.41, 5.74) is 2.38. The second kappa shape index (κ2) is 9.94. The first-order valence-electron chi connectivity index (χ1n) is 8.93. The maximum absolute atomic E-state index is 12.3. The first-order chi connectivity index (χ1) is 12.5. The predicted octanol–water partition coefficient (Wildman–Crippen LogP) is 2.89. The zero-order valence-electron chi connectivity index (χ0n) is 16.1. The fourth-order valence-corrected chi connectivity index (χ4v) is 2.99. The number of likely N-dealkylation sites (N-methyl/N-ethyl adjacent to an activating group) is 2. The third kappa shape index (κ3) is 5.86. The molecular weight excluding hydrogens is 324 g/mol. The van der Waals surface area contributed by atoms with Gasteiger partial charge in [-0.1, -0.05) is 60.7 Å². The Hall–Kier alpha value is -2.37. The minimum absolute atomic E-state index is 0.140. The van der Waals surface area contributed by atoms with Gasteiger partial charge in [0.2, 0.25) is 0 Å².